The Morgan fingerprint density at radius 1 is 1.36 bits per heavy atom. The molecule has 1 unspecified atom stereocenters. The van der Waals surface area contributed by atoms with Crippen LogP contribution in [0.5, 0.6) is 5.75 Å². The lowest BCUT2D eigenvalue weighted by molar-refractivity contribution is -0.133. The molecule has 118 valence electrons. The molecule has 1 saturated heterocycles. The van der Waals surface area contributed by atoms with E-state index in [1.54, 1.807) is 19.1 Å². The summed E-state index contributed by atoms with van der Waals surface area (Å²) in [4.78, 5) is 28.7. The first-order chi connectivity index (χ1) is 10.4. The largest absolute Gasteiger partial charge is 0.497 e. The Kier molecular flexibility index (Phi) is 3.38. The molecule has 1 spiro atoms. The second kappa shape index (κ2) is 5.00. The van der Waals surface area contributed by atoms with Gasteiger partial charge in [0.15, 0.2) is 0 Å². The van der Waals surface area contributed by atoms with Crippen LogP contribution in [-0.4, -0.2) is 44.0 Å². The van der Waals surface area contributed by atoms with Gasteiger partial charge in [-0.25, -0.2) is 0 Å². The number of hydrogen-bond donors (Lipinski definition) is 0. The first-order valence-corrected chi connectivity index (χ1v) is 7.66. The van der Waals surface area contributed by atoms with Gasteiger partial charge in [0.25, 0.3) is 0 Å². The number of methoxy groups -OCH3 is 1. The molecule has 22 heavy (non-hydrogen) atoms. The lowest BCUT2D eigenvalue weighted by atomic mass is 9.81. The van der Waals surface area contributed by atoms with Gasteiger partial charge in [0.05, 0.1) is 12.5 Å². The fourth-order valence-corrected chi connectivity index (χ4v) is 3.62. The first-order valence-electron chi connectivity index (χ1n) is 7.66. The average molecular weight is 302 g/mol. The van der Waals surface area contributed by atoms with Crippen LogP contribution in [0.3, 0.4) is 0 Å². The summed E-state index contributed by atoms with van der Waals surface area (Å²) in [6.45, 7) is 4.89. The number of ether oxygens (including phenoxy) is 1. The highest BCUT2D eigenvalue weighted by molar-refractivity contribution is 6.08. The molecule has 0 N–H and O–H groups in total. The van der Waals surface area contributed by atoms with E-state index < -0.39 is 5.41 Å². The number of hydrogen-bond acceptors (Lipinski definition) is 3. The molecular formula is C17H22N2O3. The van der Waals surface area contributed by atoms with Crippen LogP contribution in [0.15, 0.2) is 18.2 Å². The van der Waals surface area contributed by atoms with Crippen LogP contribution in [0.4, 0.5) is 5.69 Å². The Balaban J connectivity index is 2.02. The minimum atomic E-state index is -0.608. The molecule has 1 fully saturated rings. The number of likely N-dealkylation sites (tertiary alicyclic amines) is 1. The van der Waals surface area contributed by atoms with E-state index in [2.05, 4.69) is 0 Å². The van der Waals surface area contributed by atoms with Crippen LogP contribution in [0.2, 0.25) is 0 Å². The molecule has 3 rings (SSSR count). The maximum atomic E-state index is 12.9. The minimum absolute atomic E-state index is 0.0471. The van der Waals surface area contributed by atoms with E-state index in [-0.39, 0.29) is 17.7 Å². The van der Waals surface area contributed by atoms with Crippen molar-refractivity contribution in [1.82, 2.24) is 4.90 Å². The highest BCUT2D eigenvalue weighted by Gasteiger charge is 2.54. The Bertz CT molecular complexity index is 641. The monoisotopic (exact) mass is 302 g/mol. The SMILES string of the molecule is COc1ccc2c(c1)C1(CCN(C(=O)C(C)C)C1)C(=O)N2C. The van der Waals surface area contributed by atoms with Gasteiger partial charge in [-0.3, -0.25) is 9.59 Å². The predicted octanol–water partition coefficient (Wildman–Crippen LogP) is 1.80. The number of nitrogens with zero attached hydrogens (tertiary/aromatic N) is 2. The van der Waals surface area contributed by atoms with Crippen molar-refractivity contribution in [2.75, 3.05) is 32.1 Å². The standard InChI is InChI=1S/C17H22N2O3/c1-11(2)15(20)19-8-7-17(10-19)13-9-12(22-4)5-6-14(13)18(3)16(17)21/h5-6,9,11H,7-8,10H2,1-4H3. The molecule has 2 amide bonds. The molecule has 5 heteroatoms. The quantitative estimate of drug-likeness (QED) is 0.837. The number of amides is 2. The number of anilines is 1. The number of rotatable bonds is 2. The second-order valence-corrected chi connectivity index (χ2v) is 6.49. The van der Waals surface area contributed by atoms with E-state index in [1.165, 1.54) is 0 Å². The van der Waals surface area contributed by atoms with Crippen molar-refractivity contribution >= 4 is 17.5 Å². The lowest BCUT2D eigenvalue weighted by Gasteiger charge is -2.24. The van der Waals surface area contributed by atoms with E-state index in [1.807, 2.05) is 36.9 Å². The van der Waals surface area contributed by atoms with E-state index >= 15 is 0 Å². The molecule has 1 atom stereocenters. The van der Waals surface area contributed by atoms with Gasteiger partial charge in [0, 0.05) is 31.7 Å². The van der Waals surface area contributed by atoms with Gasteiger partial charge in [-0.2, -0.15) is 0 Å². The van der Waals surface area contributed by atoms with Gasteiger partial charge in [0.2, 0.25) is 11.8 Å². The van der Waals surface area contributed by atoms with Gasteiger partial charge >= 0.3 is 0 Å². The van der Waals surface area contributed by atoms with Crippen LogP contribution in [0, 0.1) is 5.92 Å². The summed E-state index contributed by atoms with van der Waals surface area (Å²) in [5, 5.41) is 0. The van der Waals surface area contributed by atoms with Gasteiger partial charge < -0.3 is 14.5 Å². The summed E-state index contributed by atoms with van der Waals surface area (Å²) in [5.41, 5.74) is 1.30. The second-order valence-electron chi connectivity index (χ2n) is 6.49. The van der Waals surface area contributed by atoms with E-state index in [0.29, 0.717) is 19.5 Å². The van der Waals surface area contributed by atoms with Crippen LogP contribution in [0.25, 0.3) is 0 Å². The maximum absolute atomic E-state index is 12.9. The fraction of sp³-hybridized carbons (Fsp3) is 0.529. The Hall–Kier alpha value is -2.04. The van der Waals surface area contributed by atoms with Crippen molar-refractivity contribution in [2.45, 2.75) is 25.7 Å². The average Bonchev–Trinajstić information content (AvgIpc) is 3.05. The molecule has 2 aliphatic rings. The van der Waals surface area contributed by atoms with Crippen LogP contribution >= 0.6 is 0 Å². The molecule has 1 aromatic rings. The number of carbonyl (C=O) groups excluding carboxylic acids is 2. The topological polar surface area (TPSA) is 49.9 Å². The maximum Gasteiger partial charge on any atom is 0.239 e. The minimum Gasteiger partial charge on any atom is -0.497 e. The number of fused-ring (bicyclic) bond motifs is 2. The molecule has 2 heterocycles. The van der Waals surface area contributed by atoms with Gasteiger partial charge in [-0.05, 0) is 30.2 Å². The molecule has 0 aliphatic carbocycles. The molecule has 0 saturated carbocycles. The van der Waals surface area contributed by atoms with Gasteiger partial charge in [-0.15, -0.1) is 0 Å². The van der Waals surface area contributed by atoms with Crippen molar-refractivity contribution in [3.63, 3.8) is 0 Å². The number of likely N-dealkylation sites (N-methyl/N-ethyl adjacent to an activating group) is 1. The number of benzene rings is 1. The zero-order valence-corrected chi connectivity index (χ0v) is 13.5. The molecule has 1 aromatic carbocycles. The fourth-order valence-electron chi connectivity index (χ4n) is 3.62. The Labute approximate surface area is 130 Å². The summed E-state index contributed by atoms with van der Waals surface area (Å²) in [6.07, 6.45) is 0.675. The highest BCUT2D eigenvalue weighted by atomic mass is 16.5. The normalized spacial score (nSPS) is 23.6. The van der Waals surface area contributed by atoms with Crippen LogP contribution in [0.1, 0.15) is 25.8 Å². The van der Waals surface area contributed by atoms with Crippen LogP contribution < -0.4 is 9.64 Å². The van der Waals surface area contributed by atoms with Crippen molar-refractivity contribution in [2.24, 2.45) is 5.92 Å². The van der Waals surface area contributed by atoms with Crippen molar-refractivity contribution < 1.29 is 14.3 Å². The lowest BCUT2D eigenvalue weighted by Crippen LogP contribution is -2.42. The summed E-state index contributed by atoms with van der Waals surface area (Å²) >= 11 is 0. The smallest absolute Gasteiger partial charge is 0.239 e. The third kappa shape index (κ3) is 1.91. The zero-order valence-electron chi connectivity index (χ0n) is 13.5. The third-order valence-electron chi connectivity index (χ3n) is 4.87. The molecule has 0 radical (unpaired) electrons. The molecule has 0 bridgehead atoms. The highest BCUT2D eigenvalue weighted by Crippen LogP contribution is 2.48. The molecule has 2 aliphatic heterocycles. The van der Waals surface area contributed by atoms with Crippen LogP contribution in [-0.2, 0) is 15.0 Å². The van der Waals surface area contributed by atoms with E-state index in [9.17, 15) is 9.59 Å². The van der Waals surface area contributed by atoms with Gasteiger partial charge in [-0.1, -0.05) is 13.8 Å². The van der Waals surface area contributed by atoms with Crippen molar-refractivity contribution in [1.29, 1.82) is 0 Å². The molecule has 5 nitrogen and oxygen atoms in total. The van der Waals surface area contributed by atoms with Gasteiger partial charge in [0.1, 0.15) is 5.75 Å². The predicted molar refractivity (Wildman–Crippen MR) is 84.1 cm³/mol. The Morgan fingerprint density at radius 3 is 2.73 bits per heavy atom. The van der Waals surface area contributed by atoms with Crippen molar-refractivity contribution in [3.8, 4) is 5.75 Å². The molecule has 0 aromatic heterocycles. The summed E-state index contributed by atoms with van der Waals surface area (Å²) in [5.74, 6) is 0.891. The van der Waals surface area contributed by atoms with Crippen molar-refractivity contribution in [3.05, 3.63) is 23.8 Å². The molecular weight excluding hydrogens is 280 g/mol. The Morgan fingerprint density at radius 2 is 2.09 bits per heavy atom. The summed E-state index contributed by atoms with van der Waals surface area (Å²) < 4.78 is 5.31. The van der Waals surface area contributed by atoms with E-state index in [4.69, 9.17) is 4.74 Å². The summed E-state index contributed by atoms with van der Waals surface area (Å²) in [7, 11) is 3.42. The van der Waals surface area contributed by atoms with E-state index in [0.717, 1.165) is 17.0 Å². The summed E-state index contributed by atoms with van der Waals surface area (Å²) in [6, 6.07) is 5.74. The zero-order chi connectivity index (χ0) is 16.1. The first kappa shape index (κ1) is 14.9. The number of carbonyl (C=O) groups is 2. The third-order valence-corrected chi connectivity index (χ3v) is 4.87.